The molecule has 1 atom stereocenters. The molecule has 0 bridgehead atoms. The van der Waals surface area contributed by atoms with E-state index in [-0.39, 0.29) is 0 Å². The Kier molecular flexibility index (Phi) is 4.03. The van der Waals surface area contributed by atoms with E-state index in [1.807, 2.05) is 17.7 Å². The van der Waals surface area contributed by atoms with Gasteiger partial charge in [0.25, 0.3) is 0 Å². The molecule has 0 spiro atoms. The molecular weight excluding hydrogens is 270 g/mol. The molecule has 0 aromatic carbocycles. The first kappa shape index (κ1) is 14.2. The van der Waals surface area contributed by atoms with Gasteiger partial charge in [-0.3, -0.25) is 4.90 Å². The minimum Gasteiger partial charge on any atom is -0.384 e. The number of hydrogen-bond acceptors (Lipinski definition) is 6. The first-order valence-electron chi connectivity index (χ1n) is 7.27. The molecule has 2 aromatic heterocycles. The molecule has 1 unspecified atom stereocenters. The molecule has 7 nitrogen and oxygen atoms in total. The number of aryl methyl sites for hydroxylation is 2. The van der Waals surface area contributed by atoms with E-state index in [1.165, 1.54) is 5.69 Å². The van der Waals surface area contributed by atoms with Crippen LogP contribution in [-0.2, 0) is 24.4 Å². The minimum absolute atomic E-state index is 0.293. The van der Waals surface area contributed by atoms with E-state index < -0.39 is 0 Å². The molecule has 3 heterocycles. The van der Waals surface area contributed by atoms with Crippen molar-refractivity contribution in [2.45, 2.75) is 39.4 Å². The normalized spacial score (nSPS) is 18.9. The molecule has 1 aliphatic heterocycles. The number of hydrogen-bond donors (Lipinski definition) is 0. The largest absolute Gasteiger partial charge is 0.384 e. The molecule has 0 aliphatic carbocycles. The maximum Gasteiger partial charge on any atom is 0.133 e. The number of methoxy groups -OCH3 is 1. The number of fused-ring (bicyclic) bond motifs is 1. The molecule has 114 valence electrons. The van der Waals surface area contributed by atoms with Crippen molar-refractivity contribution in [1.29, 1.82) is 0 Å². The second kappa shape index (κ2) is 5.95. The van der Waals surface area contributed by atoms with Crippen LogP contribution in [0.1, 0.15) is 35.7 Å². The van der Waals surface area contributed by atoms with Crippen molar-refractivity contribution in [2.24, 2.45) is 0 Å². The van der Waals surface area contributed by atoms with Crippen LogP contribution in [0.4, 0.5) is 0 Å². The third kappa shape index (κ3) is 2.84. The van der Waals surface area contributed by atoms with Crippen molar-refractivity contribution in [3.05, 3.63) is 28.9 Å². The monoisotopic (exact) mass is 291 g/mol. The molecule has 0 fully saturated rings. The lowest BCUT2D eigenvalue weighted by Crippen LogP contribution is -2.36. The highest BCUT2D eigenvalue weighted by Crippen LogP contribution is 2.28. The zero-order valence-electron chi connectivity index (χ0n) is 12.7. The van der Waals surface area contributed by atoms with E-state index in [2.05, 4.69) is 27.3 Å². The minimum atomic E-state index is 0.293. The van der Waals surface area contributed by atoms with Gasteiger partial charge in [-0.15, -0.1) is 5.10 Å². The summed E-state index contributed by atoms with van der Waals surface area (Å²) >= 11 is 0. The van der Waals surface area contributed by atoms with Crippen LogP contribution in [0.25, 0.3) is 0 Å². The van der Waals surface area contributed by atoms with Gasteiger partial charge >= 0.3 is 0 Å². The zero-order chi connectivity index (χ0) is 14.8. The second-order valence-electron chi connectivity index (χ2n) is 5.49. The number of rotatable bonds is 5. The Morgan fingerprint density at radius 3 is 3.00 bits per heavy atom. The SMILES string of the molecule is CCn1nnc2c1C(COC)CN(Cc1cc(C)on1)C2. The van der Waals surface area contributed by atoms with E-state index in [0.29, 0.717) is 12.5 Å². The summed E-state index contributed by atoms with van der Waals surface area (Å²) in [6, 6.07) is 1.98. The summed E-state index contributed by atoms with van der Waals surface area (Å²) in [5.41, 5.74) is 3.22. The Balaban J connectivity index is 1.80. The Labute approximate surface area is 123 Å². The van der Waals surface area contributed by atoms with Crippen LogP contribution in [0.5, 0.6) is 0 Å². The maximum atomic E-state index is 5.38. The summed E-state index contributed by atoms with van der Waals surface area (Å²) in [4.78, 5) is 2.32. The summed E-state index contributed by atoms with van der Waals surface area (Å²) in [5.74, 6) is 1.13. The van der Waals surface area contributed by atoms with Gasteiger partial charge in [0.2, 0.25) is 0 Å². The first-order chi connectivity index (χ1) is 10.2. The van der Waals surface area contributed by atoms with Gasteiger partial charge in [-0.2, -0.15) is 0 Å². The molecule has 0 radical (unpaired) electrons. The second-order valence-corrected chi connectivity index (χ2v) is 5.49. The van der Waals surface area contributed by atoms with E-state index in [9.17, 15) is 0 Å². The number of nitrogens with zero attached hydrogens (tertiary/aromatic N) is 5. The lowest BCUT2D eigenvalue weighted by Gasteiger charge is -2.31. The predicted molar refractivity (Wildman–Crippen MR) is 75.7 cm³/mol. The molecule has 1 aliphatic rings. The Hall–Kier alpha value is -1.73. The Morgan fingerprint density at radius 1 is 1.48 bits per heavy atom. The zero-order valence-corrected chi connectivity index (χ0v) is 12.7. The van der Waals surface area contributed by atoms with Gasteiger partial charge in [0, 0.05) is 45.3 Å². The lowest BCUT2D eigenvalue weighted by molar-refractivity contribution is 0.130. The number of aromatic nitrogens is 4. The molecule has 3 rings (SSSR count). The third-order valence-corrected chi connectivity index (χ3v) is 3.82. The van der Waals surface area contributed by atoms with E-state index in [4.69, 9.17) is 9.26 Å². The van der Waals surface area contributed by atoms with Gasteiger partial charge in [-0.25, -0.2) is 4.68 Å². The number of ether oxygens (including phenoxy) is 1. The summed E-state index contributed by atoms with van der Waals surface area (Å²) < 4.78 is 12.5. The summed E-state index contributed by atoms with van der Waals surface area (Å²) in [6.45, 7) is 7.98. The fourth-order valence-corrected chi connectivity index (χ4v) is 3.00. The highest BCUT2D eigenvalue weighted by atomic mass is 16.5. The Bertz CT molecular complexity index is 606. The molecule has 0 saturated heterocycles. The average Bonchev–Trinajstić information content (AvgIpc) is 3.05. The van der Waals surface area contributed by atoms with Crippen LogP contribution in [0, 0.1) is 6.92 Å². The molecule has 0 amide bonds. The molecule has 7 heteroatoms. The molecule has 2 aromatic rings. The quantitative estimate of drug-likeness (QED) is 0.828. The first-order valence-corrected chi connectivity index (χ1v) is 7.27. The van der Waals surface area contributed by atoms with Crippen molar-refractivity contribution < 1.29 is 9.26 Å². The van der Waals surface area contributed by atoms with Gasteiger partial charge in [-0.1, -0.05) is 10.4 Å². The molecule has 21 heavy (non-hydrogen) atoms. The van der Waals surface area contributed by atoms with Crippen LogP contribution in [0.3, 0.4) is 0 Å². The summed E-state index contributed by atoms with van der Waals surface area (Å²) in [6.07, 6.45) is 0. The lowest BCUT2D eigenvalue weighted by atomic mass is 9.98. The summed E-state index contributed by atoms with van der Waals surface area (Å²) in [5, 5.41) is 12.6. The van der Waals surface area contributed by atoms with Gasteiger partial charge in [0.05, 0.1) is 18.0 Å². The highest BCUT2D eigenvalue weighted by molar-refractivity contribution is 5.20. The van der Waals surface area contributed by atoms with Crippen LogP contribution < -0.4 is 0 Å². The predicted octanol–water partition coefficient (Wildman–Crippen LogP) is 1.34. The highest BCUT2D eigenvalue weighted by Gasteiger charge is 2.30. The van der Waals surface area contributed by atoms with Crippen molar-refractivity contribution >= 4 is 0 Å². The van der Waals surface area contributed by atoms with Gasteiger partial charge < -0.3 is 9.26 Å². The third-order valence-electron chi connectivity index (χ3n) is 3.82. The fourth-order valence-electron chi connectivity index (χ4n) is 3.00. The standard InChI is InChI=1S/C14H21N5O2/c1-4-19-14-11(9-20-3)6-18(8-13(14)15-17-19)7-12-5-10(2)21-16-12/h5,11H,4,6-9H2,1-3H3. The van der Waals surface area contributed by atoms with Gasteiger partial charge in [0.1, 0.15) is 11.5 Å². The van der Waals surface area contributed by atoms with Crippen LogP contribution in [0.15, 0.2) is 10.6 Å². The van der Waals surface area contributed by atoms with Gasteiger partial charge in [0.15, 0.2) is 0 Å². The van der Waals surface area contributed by atoms with E-state index >= 15 is 0 Å². The molecule has 0 N–H and O–H groups in total. The average molecular weight is 291 g/mol. The Morgan fingerprint density at radius 2 is 2.33 bits per heavy atom. The smallest absolute Gasteiger partial charge is 0.133 e. The summed E-state index contributed by atoms with van der Waals surface area (Å²) in [7, 11) is 1.74. The maximum absolute atomic E-state index is 5.38. The fraction of sp³-hybridized carbons (Fsp3) is 0.643. The molecule has 0 saturated carbocycles. The van der Waals surface area contributed by atoms with E-state index in [0.717, 1.165) is 43.3 Å². The van der Waals surface area contributed by atoms with Crippen LogP contribution in [-0.4, -0.2) is 45.3 Å². The topological polar surface area (TPSA) is 69.2 Å². The van der Waals surface area contributed by atoms with Crippen molar-refractivity contribution in [2.75, 3.05) is 20.3 Å². The van der Waals surface area contributed by atoms with Crippen molar-refractivity contribution in [3.8, 4) is 0 Å². The van der Waals surface area contributed by atoms with Crippen LogP contribution in [0.2, 0.25) is 0 Å². The van der Waals surface area contributed by atoms with Crippen molar-refractivity contribution in [3.63, 3.8) is 0 Å². The van der Waals surface area contributed by atoms with E-state index in [1.54, 1.807) is 7.11 Å². The van der Waals surface area contributed by atoms with Crippen LogP contribution >= 0.6 is 0 Å². The van der Waals surface area contributed by atoms with Gasteiger partial charge in [-0.05, 0) is 13.8 Å². The van der Waals surface area contributed by atoms with Crippen molar-refractivity contribution in [1.82, 2.24) is 25.1 Å². The molecular formula is C14H21N5O2.